The van der Waals surface area contributed by atoms with Gasteiger partial charge in [0.05, 0.1) is 11.0 Å². The normalized spacial score (nSPS) is 18.3. The number of H-pyrrole nitrogens is 1. The van der Waals surface area contributed by atoms with Gasteiger partial charge in [-0.2, -0.15) is 0 Å². The van der Waals surface area contributed by atoms with Crippen molar-refractivity contribution in [2.45, 2.75) is 38.6 Å². The van der Waals surface area contributed by atoms with Crippen LogP contribution in [0.15, 0.2) is 18.2 Å². The number of imidazole rings is 1. The molecule has 0 spiro atoms. The highest BCUT2D eigenvalue weighted by Crippen LogP contribution is 2.22. The van der Waals surface area contributed by atoms with Gasteiger partial charge in [-0.25, -0.2) is 4.98 Å². The lowest BCUT2D eigenvalue weighted by atomic mass is 10.1. The van der Waals surface area contributed by atoms with Crippen LogP contribution in [0.5, 0.6) is 0 Å². The molecule has 0 aliphatic carbocycles. The van der Waals surface area contributed by atoms with E-state index in [0.717, 1.165) is 55.8 Å². The number of carbonyl (C=O) groups excluding carboxylic acids is 1. The van der Waals surface area contributed by atoms with Crippen LogP contribution in [0.25, 0.3) is 11.0 Å². The summed E-state index contributed by atoms with van der Waals surface area (Å²) in [7, 11) is 0. The number of nitrogens with zero attached hydrogens (tertiary/aromatic N) is 2. The summed E-state index contributed by atoms with van der Waals surface area (Å²) in [5, 5.41) is 4.04. The fraction of sp³-hybridized carbons (Fsp3) is 0.529. The van der Waals surface area contributed by atoms with Crippen molar-refractivity contribution in [3.63, 3.8) is 0 Å². The smallest absolute Gasteiger partial charge is 0.222 e. The van der Waals surface area contributed by atoms with Crippen LogP contribution in [0.3, 0.4) is 0 Å². The third-order valence-corrected chi connectivity index (χ3v) is 4.67. The summed E-state index contributed by atoms with van der Waals surface area (Å²) < 4.78 is 0. The van der Waals surface area contributed by atoms with Crippen molar-refractivity contribution in [2.75, 3.05) is 19.6 Å². The van der Waals surface area contributed by atoms with Crippen LogP contribution in [0.2, 0.25) is 5.02 Å². The molecule has 23 heavy (non-hydrogen) atoms. The Morgan fingerprint density at radius 3 is 3.17 bits per heavy atom. The van der Waals surface area contributed by atoms with Gasteiger partial charge in [0.2, 0.25) is 5.91 Å². The summed E-state index contributed by atoms with van der Waals surface area (Å²) in [4.78, 5) is 22.0. The summed E-state index contributed by atoms with van der Waals surface area (Å²) in [6, 6.07) is 6.00. The van der Waals surface area contributed by atoms with Crippen LogP contribution in [-0.4, -0.2) is 46.5 Å². The van der Waals surface area contributed by atoms with E-state index in [1.165, 1.54) is 0 Å². The largest absolute Gasteiger partial charge is 0.342 e. The third kappa shape index (κ3) is 3.85. The van der Waals surface area contributed by atoms with E-state index in [2.05, 4.69) is 22.2 Å². The van der Waals surface area contributed by atoms with Gasteiger partial charge < -0.3 is 15.2 Å². The molecule has 5 nitrogen and oxygen atoms in total. The number of benzene rings is 1. The van der Waals surface area contributed by atoms with E-state index in [9.17, 15) is 4.79 Å². The maximum absolute atomic E-state index is 12.1. The average Bonchev–Trinajstić information content (AvgIpc) is 3.08. The molecule has 0 radical (unpaired) electrons. The molecule has 0 saturated carbocycles. The highest BCUT2D eigenvalue weighted by molar-refractivity contribution is 6.31. The molecule has 2 N–H and O–H groups in total. The van der Waals surface area contributed by atoms with Gasteiger partial charge in [0.1, 0.15) is 5.82 Å². The van der Waals surface area contributed by atoms with E-state index in [-0.39, 0.29) is 5.91 Å². The van der Waals surface area contributed by atoms with Crippen molar-refractivity contribution in [3.8, 4) is 0 Å². The first-order valence-corrected chi connectivity index (χ1v) is 8.69. The fourth-order valence-electron chi connectivity index (χ4n) is 3.23. The quantitative estimate of drug-likeness (QED) is 0.765. The van der Waals surface area contributed by atoms with Crippen LogP contribution in [0, 0.1) is 0 Å². The molecule has 1 aromatic heterocycles. The highest BCUT2D eigenvalue weighted by Gasteiger charge is 2.30. The average molecular weight is 335 g/mol. The molecule has 1 aliphatic heterocycles. The first-order chi connectivity index (χ1) is 11.2. The Hall–Kier alpha value is -1.59. The molecule has 2 heterocycles. The molecule has 3 rings (SSSR count). The summed E-state index contributed by atoms with van der Waals surface area (Å²) in [5.41, 5.74) is 1.87. The van der Waals surface area contributed by atoms with Gasteiger partial charge in [-0.15, -0.1) is 0 Å². The molecule has 0 bridgehead atoms. The van der Waals surface area contributed by atoms with Gasteiger partial charge in [0.15, 0.2) is 0 Å². The number of halogens is 1. The maximum Gasteiger partial charge on any atom is 0.222 e. The summed E-state index contributed by atoms with van der Waals surface area (Å²) >= 11 is 6.00. The number of hydrogen-bond acceptors (Lipinski definition) is 3. The third-order valence-electron chi connectivity index (χ3n) is 4.44. The Bertz CT molecular complexity index is 684. The SMILES string of the molecule is CCNCCC1CCC(=O)N1CCc1nc2ccc(Cl)cc2[nH]1. The first-order valence-electron chi connectivity index (χ1n) is 8.31. The number of likely N-dealkylation sites (tertiary alicyclic amines) is 1. The molecule has 124 valence electrons. The lowest BCUT2D eigenvalue weighted by Crippen LogP contribution is -2.36. The van der Waals surface area contributed by atoms with Gasteiger partial charge in [0.25, 0.3) is 0 Å². The van der Waals surface area contributed by atoms with Gasteiger partial charge in [-0.1, -0.05) is 18.5 Å². The summed E-state index contributed by atoms with van der Waals surface area (Å²) in [6.07, 6.45) is 3.41. The van der Waals surface area contributed by atoms with Gasteiger partial charge in [0, 0.05) is 30.5 Å². The second-order valence-electron chi connectivity index (χ2n) is 6.02. The summed E-state index contributed by atoms with van der Waals surface area (Å²) in [5.74, 6) is 1.18. The molecule has 2 aromatic rings. The van der Waals surface area contributed by atoms with Crippen LogP contribution in [-0.2, 0) is 11.2 Å². The zero-order chi connectivity index (χ0) is 16.2. The van der Waals surface area contributed by atoms with Crippen molar-refractivity contribution in [1.29, 1.82) is 0 Å². The van der Waals surface area contributed by atoms with Gasteiger partial charge in [-0.3, -0.25) is 4.79 Å². The maximum atomic E-state index is 12.1. The van der Waals surface area contributed by atoms with Crippen molar-refractivity contribution in [2.24, 2.45) is 0 Å². The Kier molecular flexibility index (Phi) is 5.18. The number of fused-ring (bicyclic) bond motifs is 1. The minimum atomic E-state index is 0.269. The predicted molar refractivity (Wildman–Crippen MR) is 92.7 cm³/mol. The van der Waals surface area contributed by atoms with Gasteiger partial charge in [-0.05, 0) is 44.1 Å². The number of rotatable bonds is 7. The lowest BCUT2D eigenvalue weighted by molar-refractivity contribution is -0.129. The van der Waals surface area contributed by atoms with Crippen LogP contribution >= 0.6 is 11.6 Å². The Balaban J connectivity index is 1.61. The number of hydrogen-bond donors (Lipinski definition) is 2. The molecule has 1 saturated heterocycles. The Morgan fingerprint density at radius 2 is 2.35 bits per heavy atom. The minimum Gasteiger partial charge on any atom is -0.342 e. The number of nitrogens with one attached hydrogen (secondary N) is 2. The van der Waals surface area contributed by atoms with E-state index in [0.29, 0.717) is 17.5 Å². The second-order valence-corrected chi connectivity index (χ2v) is 6.45. The number of carbonyl (C=O) groups is 1. The monoisotopic (exact) mass is 334 g/mol. The number of amides is 1. The molecule has 6 heteroatoms. The van der Waals surface area contributed by atoms with Crippen molar-refractivity contribution >= 4 is 28.5 Å². The molecular weight excluding hydrogens is 312 g/mol. The van der Waals surface area contributed by atoms with E-state index in [1.54, 1.807) is 0 Å². The molecule has 1 amide bonds. The number of aromatic nitrogens is 2. The van der Waals surface area contributed by atoms with E-state index in [4.69, 9.17) is 11.6 Å². The summed E-state index contributed by atoms with van der Waals surface area (Å²) in [6.45, 7) is 4.77. The van der Waals surface area contributed by atoms with Gasteiger partial charge >= 0.3 is 0 Å². The van der Waals surface area contributed by atoms with Crippen molar-refractivity contribution in [1.82, 2.24) is 20.2 Å². The molecule has 1 aliphatic rings. The van der Waals surface area contributed by atoms with Crippen molar-refractivity contribution < 1.29 is 4.79 Å². The van der Waals surface area contributed by atoms with E-state index < -0.39 is 0 Å². The molecule has 1 fully saturated rings. The topological polar surface area (TPSA) is 61.0 Å². The predicted octanol–water partition coefficient (Wildman–Crippen LogP) is 2.75. The Labute approximate surface area is 141 Å². The highest BCUT2D eigenvalue weighted by atomic mass is 35.5. The zero-order valence-electron chi connectivity index (χ0n) is 13.4. The van der Waals surface area contributed by atoms with Crippen LogP contribution in [0.4, 0.5) is 0 Å². The zero-order valence-corrected chi connectivity index (χ0v) is 14.2. The molecule has 1 unspecified atom stereocenters. The lowest BCUT2D eigenvalue weighted by Gasteiger charge is -2.24. The number of aromatic amines is 1. The molecule has 1 atom stereocenters. The Morgan fingerprint density at radius 1 is 1.48 bits per heavy atom. The van der Waals surface area contributed by atoms with Crippen molar-refractivity contribution in [3.05, 3.63) is 29.0 Å². The molecular formula is C17H23ClN4O. The van der Waals surface area contributed by atoms with E-state index >= 15 is 0 Å². The first kappa shape index (κ1) is 16.3. The van der Waals surface area contributed by atoms with Crippen LogP contribution < -0.4 is 5.32 Å². The standard InChI is InChI=1S/C17H23ClN4O/c1-2-19-9-7-13-4-6-17(23)22(13)10-8-16-20-14-5-3-12(18)11-15(14)21-16/h3,5,11,13,19H,2,4,6-10H2,1H3,(H,20,21). The fourth-order valence-corrected chi connectivity index (χ4v) is 3.40. The second kappa shape index (κ2) is 7.32. The van der Waals surface area contributed by atoms with Crippen LogP contribution in [0.1, 0.15) is 32.0 Å². The molecule has 1 aromatic carbocycles. The minimum absolute atomic E-state index is 0.269. The van der Waals surface area contributed by atoms with E-state index in [1.807, 2.05) is 23.1 Å².